The van der Waals surface area contributed by atoms with Gasteiger partial charge in [-0.2, -0.15) is 0 Å². The Kier molecular flexibility index (Phi) is 8.08. The molecule has 0 heterocycles. The molecule has 0 fully saturated rings. The fraction of sp³-hybridized carbons (Fsp3) is 0.250. The van der Waals surface area contributed by atoms with Crippen LogP contribution in [-0.2, 0) is 25.5 Å². The van der Waals surface area contributed by atoms with Crippen molar-refractivity contribution in [2.24, 2.45) is 0 Å². The van der Waals surface area contributed by atoms with Gasteiger partial charge in [0.25, 0.3) is 5.91 Å². The summed E-state index contributed by atoms with van der Waals surface area (Å²) in [5.74, 6) is -3.76. The Labute approximate surface area is 166 Å². The van der Waals surface area contributed by atoms with Crippen LogP contribution in [0.1, 0.15) is 12.5 Å². The summed E-state index contributed by atoms with van der Waals surface area (Å²) in [7, 11) is 0. The summed E-state index contributed by atoms with van der Waals surface area (Å²) in [5.41, 5.74) is 1.17. The van der Waals surface area contributed by atoms with Crippen LogP contribution in [0.5, 0.6) is 5.75 Å². The van der Waals surface area contributed by atoms with Gasteiger partial charge in [0.15, 0.2) is 24.8 Å². The highest BCUT2D eigenvalue weighted by Crippen LogP contribution is 2.13. The molecule has 2 aromatic carbocycles. The number of carbonyl (C=O) groups excluding carboxylic acids is 3. The molecule has 0 aliphatic rings. The van der Waals surface area contributed by atoms with Gasteiger partial charge in [0.2, 0.25) is 5.91 Å². The van der Waals surface area contributed by atoms with Crippen LogP contribution in [0.4, 0.5) is 14.5 Å². The number of benzene rings is 2. The smallest absolute Gasteiger partial charge is 0.344 e. The van der Waals surface area contributed by atoms with Crippen molar-refractivity contribution < 1.29 is 32.6 Å². The van der Waals surface area contributed by atoms with Crippen molar-refractivity contribution in [2.45, 2.75) is 13.3 Å². The van der Waals surface area contributed by atoms with Crippen molar-refractivity contribution in [1.82, 2.24) is 5.32 Å². The summed E-state index contributed by atoms with van der Waals surface area (Å²) in [5, 5.41) is 4.52. The molecule has 0 spiro atoms. The number of hydrogen-bond acceptors (Lipinski definition) is 5. The summed E-state index contributed by atoms with van der Waals surface area (Å²) in [6.45, 7) is 0.630. The molecular formula is C20H20F2N2O5. The van der Waals surface area contributed by atoms with Crippen molar-refractivity contribution in [2.75, 3.05) is 25.1 Å². The number of rotatable bonds is 9. The number of ether oxygens (including phenoxy) is 2. The predicted octanol–water partition coefficient (Wildman–Crippen LogP) is 2.20. The zero-order chi connectivity index (χ0) is 21.2. The van der Waals surface area contributed by atoms with Gasteiger partial charge < -0.3 is 20.1 Å². The van der Waals surface area contributed by atoms with Crippen LogP contribution in [0.25, 0.3) is 0 Å². The first-order valence-corrected chi connectivity index (χ1v) is 8.76. The summed E-state index contributed by atoms with van der Waals surface area (Å²) in [4.78, 5) is 34.9. The van der Waals surface area contributed by atoms with E-state index in [4.69, 9.17) is 9.47 Å². The van der Waals surface area contributed by atoms with Crippen molar-refractivity contribution in [3.63, 3.8) is 0 Å². The summed E-state index contributed by atoms with van der Waals surface area (Å²) >= 11 is 0. The number of aryl methyl sites for hydroxylation is 1. The van der Waals surface area contributed by atoms with Crippen molar-refractivity contribution in [3.8, 4) is 5.75 Å². The van der Waals surface area contributed by atoms with Crippen LogP contribution in [0.2, 0.25) is 0 Å². The van der Waals surface area contributed by atoms with Crippen LogP contribution in [0.15, 0.2) is 42.5 Å². The van der Waals surface area contributed by atoms with Gasteiger partial charge >= 0.3 is 5.97 Å². The minimum absolute atomic E-state index is 0.0405. The molecule has 154 valence electrons. The minimum Gasteiger partial charge on any atom is -0.482 e. The lowest BCUT2D eigenvalue weighted by Gasteiger charge is -2.09. The third-order valence-corrected chi connectivity index (χ3v) is 3.70. The Balaban J connectivity index is 1.64. The van der Waals surface area contributed by atoms with E-state index in [0.29, 0.717) is 5.75 Å². The zero-order valence-corrected chi connectivity index (χ0v) is 15.7. The molecule has 9 heteroatoms. The zero-order valence-electron chi connectivity index (χ0n) is 15.7. The maximum atomic E-state index is 13.1. The van der Waals surface area contributed by atoms with Crippen molar-refractivity contribution in [3.05, 3.63) is 59.7 Å². The van der Waals surface area contributed by atoms with E-state index in [2.05, 4.69) is 10.6 Å². The van der Waals surface area contributed by atoms with E-state index in [9.17, 15) is 23.2 Å². The largest absolute Gasteiger partial charge is 0.482 e. The van der Waals surface area contributed by atoms with E-state index in [1.54, 1.807) is 12.1 Å². The number of anilines is 1. The number of carbonyl (C=O) groups is 3. The molecule has 0 aromatic heterocycles. The van der Waals surface area contributed by atoms with E-state index in [1.807, 2.05) is 19.1 Å². The second kappa shape index (κ2) is 10.7. The van der Waals surface area contributed by atoms with Gasteiger partial charge in [-0.05, 0) is 36.2 Å². The number of esters is 1. The minimum atomic E-state index is -1.11. The third kappa shape index (κ3) is 7.57. The van der Waals surface area contributed by atoms with Gasteiger partial charge in [0.05, 0.1) is 6.54 Å². The molecule has 0 bridgehead atoms. The maximum Gasteiger partial charge on any atom is 0.344 e. The fourth-order valence-electron chi connectivity index (χ4n) is 2.16. The van der Waals surface area contributed by atoms with Gasteiger partial charge in [0.1, 0.15) is 5.75 Å². The average Bonchev–Trinajstić information content (AvgIpc) is 2.72. The molecular weight excluding hydrogens is 386 g/mol. The van der Waals surface area contributed by atoms with E-state index in [-0.39, 0.29) is 12.3 Å². The van der Waals surface area contributed by atoms with Gasteiger partial charge in [0, 0.05) is 11.8 Å². The molecule has 0 radical (unpaired) electrons. The summed E-state index contributed by atoms with van der Waals surface area (Å²) in [6, 6.07) is 10.1. The number of amides is 2. The van der Waals surface area contributed by atoms with Gasteiger partial charge in [-0.15, -0.1) is 0 Å². The number of halogens is 2. The van der Waals surface area contributed by atoms with Crippen molar-refractivity contribution in [1.29, 1.82) is 0 Å². The standard InChI is InChI=1S/C20H20F2N2O5/c1-2-13-3-6-15(7-4-13)28-12-20(27)29-11-19(26)23-10-18(25)24-14-5-8-16(21)17(22)9-14/h3-9H,2,10-12H2,1H3,(H,23,26)(H,24,25). The first-order valence-electron chi connectivity index (χ1n) is 8.76. The Morgan fingerprint density at radius 2 is 1.66 bits per heavy atom. The monoisotopic (exact) mass is 406 g/mol. The van der Waals surface area contributed by atoms with Crippen LogP contribution >= 0.6 is 0 Å². The van der Waals surface area contributed by atoms with E-state index in [1.165, 1.54) is 6.07 Å². The molecule has 0 saturated heterocycles. The molecule has 2 amide bonds. The van der Waals surface area contributed by atoms with Gasteiger partial charge in [-0.25, -0.2) is 13.6 Å². The molecule has 0 unspecified atom stereocenters. The highest BCUT2D eigenvalue weighted by atomic mass is 19.2. The van der Waals surface area contributed by atoms with Crippen LogP contribution in [-0.4, -0.2) is 37.5 Å². The van der Waals surface area contributed by atoms with Crippen molar-refractivity contribution >= 4 is 23.5 Å². The fourth-order valence-corrected chi connectivity index (χ4v) is 2.16. The number of nitrogens with one attached hydrogen (secondary N) is 2. The van der Waals surface area contributed by atoms with Crippen LogP contribution < -0.4 is 15.4 Å². The van der Waals surface area contributed by atoms with Gasteiger partial charge in [-0.3, -0.25) is 9.59 Å². The SMILES string of the molecule is CCc1ccc(OCC(=O)OCC(=O)NCC(=O)Nc2ccc(F)c(F)c2)cc1. The Bertz CT molecular complexity index is 872. The molecule has 2 aromatic rings. The Morgan fingerprint density at radius 1 is 0.931 bits per heavy atom. The molecule has 0 saturated carbocycles. The van der Waals surface area contributed by atoms with E-state index < -0.39 is 42.6 Å². The van der Waals surface area contributed by atoms with E-state index in [0.717, 1.165) is 24.1 Å². The molecule has 2 N–H and O–H groups in total. The maximum absolute atomic E-state index is 13.1. The Morgan fingerprint density at radius 3 is 2.31 bits per heavy atom. The quantitative estimate of drug-likeness (QED) is 0.623. The lowest BCUT2D eigenvalue weighted by molar-refractivity contribution is -0.150. The average molecular weight is 406 g/mol. The molecule has 0 atom stereocenters. The summed E-state index contributed by atoms with van der Waals surface area (Å²) in [6.07, 6.45) is 0.885. The first-order chi connectivity index (χ1) is 13.9. The topological polar surface area (TPSA) is 93.7 Å². The van der Waals surface area contributed by atoms with Crippen LogP contribution in [0, 0.1) is 11.6 Å². The number of hydrogen-bond donors (Lipinski definition) is 2. The lowest BCUT2D eigenvalue weighted by Crippen LogP contribution is -2.36. The molecule has 2 rings (SSSR count). The van der Waals surface area contributed by atoms with Gasteiger partial charge in [-0.1, -0.05) is 19.1 Å². The predicted molar refractivity (Wildman–Crippen MR) is 100 cm³/mol. The normalized spacial score (nSPS) is 10.2. The first kappa shape index (κ1) is 21.8. The molecule has 29 heavy (non-hydrogen) atoms. The summed E-state index contributed by atoms with van der Waals surface area (Å²) < 4.78 is 35.9. The highest BCUT2D eigenvalue weighted by Gasteiger charge is 2.11. The molecule has 0 aliphatic carbocycles. The third-order valence-electron chi connectivity index (χ3n) is 3.70. The Hall–Kier alpha value is -3.49. The second-order valence-electron chi connectivity index (χ2n) is 5.90. The highest BCUT2D eigenvalue weighted by molar-refractivity contribution is 5.94. The lowest BCUT2D eigenvalue weighted by atomic mass is 10.2. The molecule has 0 aliphatic heterocycles. The second-order valence-corrected chi connectivity index (χ2v) is 5.90. The van der Waals surface area contributed by atoms with E-state index >= 15 is 0 Å². The molecule has 7 nitrogen and oxygen atoms in total. The van der Waals surface area contributed by atoms with Crippen LogP contribution in [0.3, 0.4) is 0 Å².